The van der Waals surface area contributed by atoms with Crippen molar-refractivity contribution >= 4 is 16.7 Å². The molecule has 1 unspecified atom stereocenters. The highest BCUT2D eigenvalue weighted by Gasteiger charge is 2.12. The van der Waals surface area contributed by atoms with Crippen LogP contribution in [0.15, 0.2) is 36.4 Å². The third-order valence-corrected chi connectivity index (χ3v) is 3.03. The fraction of sp³-hybridized carbons (Fsp3) is 0.214. The van der Waals surface area contributed by atoms with E-state index in [0.29, 0.717) is 12.8 Å². The molecule has 0 saturated heterocycles. The molecule has 2 aromatic carbocycles. The molecular weight excluding hydrogens is 230 g/mol. The predicted molar refractivity (Wildman–Crippen MR) is 69.5 cm³/mol. The number of nitrogens with two attached hydrogens (primary N) is 1. The van der Waals surface area contributed by atoms with E-state index in [1.54, 1.807) is 6.07 Å². The average molecular weight is 245 g/mol. The van der Waals surface area contributed by atoms with Crippen molar-refractivity contribution in [2.45, 2.75) is 18.9 Å². The molecule has 0 aliphatic carbocycles. The van der Waals surface area contributed by atoms with Crippen LogP contribution in [0.25, 0.3) is 10.8 Å². The normalized spacial score (nSPS) is 12.5. The number of phenolic OH excluding ortho intramolecular Hbond substituents is 1. The molecule has 0 radical (unpaired) electrons. The highest BCUT2D eigenvalue weighted by Crippen LogP contribution is 2.28. The Balaban J connectivity index is 2.29. The first-order chi connectivity index (χ1) is 8.59. The first kappa shape index (κ1) is 12.4. The number of hydrogen-bond donors (Lipinski definition) is 3. The lowest BCUT2D eigenvalue weighted by Gasteiger charge is -2.10. The van der Waals surface area contributed by atoms with Gasteiger partial charge in [0.1, 0.15) is 11.8 Å². The number of fused-ring (bicyclic) bond motifs is 1. The molecule has 0 aliphatic rings. The standard InChI is InChI=1S/C14H15NO3/c15-12(14(17)18)7-5-9-6-8-13(16)11-4-2-1-3-10(9)11/h1-4,6,8,12,16H,5,7,15H2,(H,17,18). The molecule has 4 heteroatoms. The van der Waals surface area contributed by atoms with Gasteiger partial charge < -0.3 is 15.9 Å². The van der Waals surface area contributed by atoms with Gasteiger partial charge in [0.15, 0.2) is 0 Å². The number of rotatable bonds is 4. The van der Waals surface area contributed by atoms with Gasteiger partial charge in [0.05, 0.1) is 0 Å². The Bertz CT molecular complexity index is 580. The first-order valence-electron chi connectivity index (χ1n) is 5.77. The minimum Gasteiger partial charge on any atom is -0.507 e. The molecule has 2 rings (SSSR count). The van der Waals surface area contributed by atoms with E-state index in [0.717, 1.165) is 16.3 Å². The van der Waals surface area contributed by atoms with Crippen LogP contribution in [0.1, 0.15) is 12.0 Å². The second kappa shape index (κ2) is 5.06. The molecule has 18 heavy (non-hydrogen) atoms. The number of carbonyl (C=O) groups is 1. The Morgan fingerprint density at radius 1 is 1.17 bits per heavy atom. The van der Waals surface area contributed by atoms with Gasteiger partial charge in [-0.2, -0.15) is 0 Å². The van der Waals surface area contributed by atoms with Crippen LogP contribution < -0.4 is 5.73 Å². The molecule has 0 spiro atoms. The summed E-state index contributed by atoms with van der Waals surface area (Å²) >= 11 is 0. The van der Waals surface area contributed by atoms with Crippen molar-refractivity contribution in [1.82, 2.24) is 0 Å². The molecule has 0 saturated carbocycles. The molecule has 1 atom stereocenters. The van der Waals surface area contributed by atoms with Gasteiger partial charge in [-0.05, 0) is 29.9 Å². The van der Waals surface area contributed by atoms with Crippen LogP contribution in [-0.2, 0) is 11.2 Å². The number of carboxylic acid groups (broad SMARTS) is 1. The number of aryl methyl sites for hydroxylation is 1. The molecular formula is C14H15NO3. The number of aliphatic carboxylic acids is 1. The van der Waals surface area contributed by atoms with Gasteiger partial charge in [0, 0.05) is 5.39 Å². The van der Waals surface area contributed by atoms with Gasteiger partial charge in [0.25, 0.3) is 0 Å². The number of phenols is 1. The zero-order valence-corrected chi connectivity index (χ0v) is 9.84. The number of hydrogen-bond acceptors (Lipinski definition) is 3. The lowest BCUT2D eigenvalue weighted by atomic mass is 9.98. The fourth-order valence-corrected chi connectivity index (χ4v) is 2.00. The van der Waals surface area contributed by atoms with Gasteiger partial charge in [-0.3, -0.25) is 4.79 Å². The summed E-state index contributed by atoms with van der Waals surface area (Å²) in [5, 5.41) is 20.2. The maximum absolute atomic E-state index is 10.7. The number of benzene rings is 2. The maximum Gasteiger partial charge on any atom is 0.320 e. The van der Waals surface area contributed by atoms with E-state index in [2.05, 4.69) is 0 Å². The maximum atomic E-state index is 10.7. The molecule has 4 nitrogen and oxygen atoms in total. The van der Waals surface area contributed by atoms with Crippen molar-refractivity contribution in [2.75, 3.05) is 0 Å². The number of carboxylic acids is 1. The van der Waals surface area contributed by atoms with E-state index in [-0.39, 0.29) is 5.75 Å². The van der Waals surface area contributed by atoms with Crippen LogP contribution in [0.4, 0.5) is 0 Å². The zero-order valence-electron chi connectivity index (χ0n) is 9.84. The smallest absolute Gasteiger partial charge is 0.320 e. The van der Waals surface area contributed by atoms with Crippen LogP contribution in [0.3, 0.4) is 0 Å². The van der Waals surface area contributed by atoms with Gasteiger partial charge in [-0.15, -0.1) is 0 Å². The van der Waals surface area contributed by atoms with Crippen molar-refractivity contribution in [2.24, 2.45) is 5.73 Å². The molecule has 0 aromatic heterocycles. The first-order valence-corrected chi connectivity index (χ1v) is 5.77. The zero-order chi connectivity index (χ0) is 13.1. The Kier molecular flexibility index (Phi) is 3.48. The Morgan fingerprint density at radius 3 is 2.50 bits per heavy atom. The third kappa shape index (κ3) is 2.43. The van der Waals surface area contributed by atoms with Crippen molar-refractivity contribution in [1.29, 1.82) is 0 Å². The van der Waals surface area contributed by atoms with E-state index < -0.39 is 12.0 Å². The summed E-state index contributed by atoms with van der Waals surface area (Å²) in [5.74, 6) is -0.755. The molecule has 0 amide bonds. The lowest BCUT2D eigenvalue weighted by molar-refractivity contribution is -0.138. The van der Waals surface area contributed by atoms with Crippen LogP contribution in [0, 0.1) is 0 Å². The Labute approximate surface area is 105 Å². The van der Waals surface area contributed by atoms with Crippen molar-refractivity contribution in [3.8, 4) is 5.75 Å². The minimum absolute atomic E-state index is 0.233. The van der Waals surface area contributed by atoms with Crippen LogP contribution in [-0.4, -0.2) is 22.2 Å². The van der Waals surface area contributed by atoms with E-state index in [1.807, 2.05) is 30.3 Å². The summed E-state index contributed by atoms with van der Waals surface area (Å²) in [4.78, 5) is 10.7. The minimum atomic E-state index is -0.988. The highest BCUT2D eigenvalue weighted by molar-refractivity contribution is 5.90. The fourth-order valence-electron chi connectivity index (χ4n) is 2.00. The largest absolute Gasteiger partial charge is 0.507 e. The molecule has 4 N–H and O–H groups in total. The van der Waals surface area contributed by atoms with E-state index in [9.17, 15) is 9.90 Å². The highest BCUT2D eigenvalue weighted by atomic mass is 16.4. The lowest BCUT2D eigenvalue weighted by Crippen LogP contribution is -2.30. The molecule has 94 valence electrons. The summed E-state index contributed by atoms with van der Waals surface area (Å²) in [6, 6.07) is 10.1. The third-order valence-electron chi connectivity index (χ3n) is 3.03. The van der Waals surface area contributed by atoms with Crippen molar-refractivity contribution < 1.29 is 15.0 Å². The summed E-state index contributed by atoms with van der Waals surface area (Å²) in [6.07, 6.45) is 0.957. The van der Waals surface area contributed by atoms with Gasteiger partial charge >= 0.3 is 5.97 Å². The summed E-state index contributed by atoms with van der Waals surface area (Å²) in [6.45, 7) is 0. The quantitative estimate of drug-likeness (QED) is 0.768. The van der Waals surface area contributed by atoms with Crippen LogP contribution in [0.5, 0.6) is 5.75 Å². The number of aromatic hydroxyl groups is 1. The van der Waals surface area contributed by atoms with Gasteiger partial charge in [-0.1, -0.05) is 30.3 Å². The second-order valence-corrected chi connectivity index (χ2v) is 4.27. The van der Waals surface area contributed by atoms with E-state index in [1.165, 1.54) is 0 Å². The SMILES string of the molecule is NC(CCc1ccc(O)c2ccccc12)C(=O)O. The molecule has 0 aliphatic heterocycles. The Hall–Kier alpha value is -2.07. The average Bonchev–Trinajstić information content (AvgIpc) is 2.38. The van der Waals surface area contributed by atoms with E-state index >= 15 is 0 Å². The van der Waals surface area contributed by atoms with Gasteiger partial charge in [0.2, 0.25) is 0 Å². The molecule has 0 fully saturated rings. The Morgan fingerprint density at radius 2 is 1.83 bits per heavy atom. The van der Waals surface area contributed by atoms with Crippen LogP contribution >= 0.6 is 0 Å². The van der Waals surface area contributed by atoms with E-state index in [4.69, 9.17) is 10.8 Å². The molecule has 0 heterocycles. The van der Waals surface area contributed by atoms with Crippen molar-refractivity contribution in [3.63, 3.8) is 0 Å². The predicted octanol–water partition coefficient (Wildman–Crippen LogP) is 1.89. The molecule has 2 aromatic rings. The van der Waals surface area contributed by atoms with Gasteiger partial charge in [-0.25, -0.2) is 0 Å². The van der Waals surface area contributed by atoms with Crippen molar-refractivity contribution in [3.05, 3.63) is 42.0 Å². The summed E-state index contributed by atoms with van der Waals surface area (Å²) < 4.78 is 0. The summed E-state index contributed by atoms with van der Waals surface area (Å²) in [5.41, 5.74) is 6.49. The summed E-state index contributed by atoms with van der Waals surface area (Å²) in [7, 11) is 0. The topological polar surface area (TPSA) is 83.5 Å². The van der Waals surface area contributed by atoms with Crippen LogP contribution in [0.2, 0.25) is 0 Å². The monoisotopic (exact) mass is 245 g/mol. The second-order valence-electron chi connectivity index (χ2n) is 4.27. The molecule has 0 bridgehead atoms.